The molecule has 7 nitrogen and oxygen atoms in total. The standard InChI is InChI=1S/C29H33N3O4/c1-5-35-21-12-10-18(11-13-21)26-16-23(22-8-6-7-9-24(22)30-26)27(33)31-25-15-20-14-19(25)17-32(20)28(34)36-29(2,3)4/h6-13,16,19-20,25H,5,14-15,17H2,1-4H3,(H,31,33)/t19-,20-,25-/m1/s1. The summed E-state index contributed by atoms with van der Waals surface area (Å²) in [6.07, 6.45) is 1.36. The summed E-state index contributed by atoms with van der Waals surface area (Å²) in [6.45, 7) is 8.80. The summed E-state index contributed by atoms with van der Waals surface area (Å²) in [5.74, 6) is 0.920. The number of para-hydroxylation sites is 1. The predicted octanol–water partition coefficient (Wildman–Crippen LogP) is 5.43. The molecule has 3 aromatic rings. The molecule has 2 fully saturated rings. The fourth-order valence-electron chi connectivity index (χ4n) is 5.32. The monoisotopic (exact) mass is 487 g/mol. The molecule has 1 saturated carbocycles. The maximum Gasteiger partial charge on any atom is 0.410 e. The molecule has 0 radical (unpaired) electrons. The SMILES string of the molecule is CCOc1ccc(-c2cc(C(=O)N[C@@H]3C[C@H]4C[C@@H]3CN4C(=O)OC(C)(C)C)c3ccccc3n2)cc1. The Morgan fingerprint density at radius 1 is 1.08 bits per heavy atom. The van der Waals surface area contributed by atoms with Crippen molar-refractivity contribution in [2.45, 2.75) is 58.2 Å². The van der Waals surface area contributed by atoms with Crippen molar-refractivity contribution in [1.82, 2.24) is 15.2 Å². The Labute approximate surface area is 211 Å². The summed E-state index contributed by atoms with van der Waals surface area (Å²) < 4.78 is 11.1. The lowest BCUT2D eigenvalue weighted by atomic mass is 10.0. The highest BCUT2D eigenvalue weighted by Crippen LogP contribution is 2.39. The van der Waals surface area contributed by atoms with Crippen LogP contribution in [0.2, 0.25) is 0 Å². The number of hydrogen-bond acceptors (Lipinski definition) is 5. The molecule has 188 valence electrons. The summed E-state index contributed by atoms with van der Waals surface area (Å²) >= 11 is 0. The lowest BCUT2D eigenvalue weighted by Crippen LogP contribution is -2.48. The van der Waals surface area contributed by atoms with Gasteiger partial charge in [0.1, 0.15) is 11.4 Å². The number of aromatic nitrogens is 1. The van der Waals surface area contributed by atoms with Gasteiger partial charge in [0.2, 0.25) is 0 Å². The first kappa shape index (κ1) is 24.1. The van der Waals surface area contributed by atoms with Crippen LogP contribution in [0.5, 0.6) is 5.75 Å². The molecule has 1 aliphatic heterocycles. The van der Waals surface area contributed by atoms with Crippen LogP contribution in [0.4, 0.5) is 4.79 Å². The third kappa shape index (κ3) is 4.87. The Hall–Kier alpha value is -3.61. The van der Waals surface area contributed by atoms with E-state index in [-0.39, 0.29) is 30.0 Å². The molecule has 36 heavy (non-hydrogen) atoms. The van der Waals surface area contributed by atoms with Gasteiger partial charge in [-0.05, 0) is 82.9 Å². The highest BCUT2D eigenvalue weighted by atomic mass is 16.6. The van der Waals surface area contributed by atoms with Crippen LogP contribution < -0.4 is 10.1 Å². The molecule has 2 bridgehead atoms. The minimum absolute atomic E-state index is 0.0297. The second-order valence-electron chi connectivity index (χ2n) is 10.6. The highest BCUT2D eigenvalue weighted by molar-refractivity contribution is 6.07. The number of carbonyl (C=O) groups excluding carboxylic acids is 2. The molecular weight excluding hydrogens is 454 g/mol. The summed E-state index contributed by atoms with van der Waals surface area (Å²) in [7, 11) is 0. The zero-order chi connectivity index (χ0) is 25.4. The van der Waals surface area contributed by atoms with Gasteiger partial charge in [0, 0.05) is 29.6 Å². The summed E-state index contributed by atoms with van der Waals surface area (Å²) in [6, 6.07) is 17.5. The molecule has 2 aromatic carbocycles. The van der Waals surface area contributed by atoms with Gasteiger partial charge < -0.3 is 19.7 Å². The number of nitrogens with one attached hydrogen (secondary N) is 1. The second-order valence-corrected chi connectivity index (χ2v) is 10.6. The number of pyridine rings is 1. The Morgan fingerprint density at radius 3 is 2.50 bits per heavy atom. The Bertz CT molecular complexity index is 1280. The normalized spacial score (nSPS) is 21.0. The first-order valence-electron chi connectivity index (χ1n) is 12.7. The number of rotatable bonds is 5. The van der Waals surface area contributed by atoms with Crippen LogP contribution in [0.3, 0.4) is 0 Å². The number of ether oxygens (including phenoxy) is 2. The minimum Gasteiger partial charge on any atom is -0.494 e. The van der Waals surface area contributed by atoms with Crippen LogP contribution in [0, 0.1) is 5.92 Å². The maximum absolute atomic E-state index is 13.6. The molecule has 3 atom stereocenters. The average Bonchev–Trinajstić information content (AvgIpc) is 3.44. The molecule has 1 saturated heterocycles. The van der Waals surface area contributed by atoms with Crippen molar-refractivity contribution in [2.24, 2.45) is 5.92 Å². The van der Waals surface area contributed by atoms with Gasteiger partial charge in [-0.3, -0.25) is 4.79 Å². The molecular formula is C29H33N3O4. The molecule has 1 N–H and O–H groups in total. The Kier molecular flexibility index (Phi) is 6.33. The first-order valence-corrected chi connectivity index (χ1v) is 12.7. The number of amides is 2. The molecule has 1 aromatic heterocycles. The molecule has 1 aliphatic carbocycles. The van der Waals surface area contributed by atoms with Gasteiger partial charge >= 0.3 is 6.09 Å². The van der Waals surface area contributed by atoms with Crippen molar-refractivity contribution in [3.8, 4) is 17.0 Å². The number of nitrogens with zero attached hydrogens (tertiary/aromatic N) is 2. The van der Waals surface area contributed by atoms with Crippen molar-refractivity contribution < 1.29 is 19.1 Å². The third-order valence-corrected chi connectivity index (χ3v) is 6.91. The van der Waals surface area contributed by atoms with Gasteiger partial charge in [-0.25, -0.2) is 9.78 Å². The van der Waals surface area contributed by atoms with Crippen LogP contribution in [-0.4, -0.2) is 52.7 Å². The fourth-order valence-corrected chi connectivity index (χ4v) is 5.32. The van der Waals surface area contributed by atoms with E-state index in [1.807, 2.05) is 87.2 Å². The third-order valence-electron chi connectivity index (χ3n) is 6.91. The Morgan fingerprint density at radius 2 is 1.83 bits per heavy atom. The molecule has 2 aliphatic rings. The zero-order valence-corrected chi connectivity index (χ0v) is 21.3. The van der Waals surface area contributed by atoms with Crippen molar-refractivity contribution in [3.63, 3.8) is 0 Å². The summed E-state index contributed by atoms with van der Waals surface area (Å²) in [5.41, 5.74) is 2.53. The van der Waals surface area contributed by atoms with Gasteiger partial charge in [-0.2, -0.15) is 0 Å². The van der Waals surface area contributed by atoms with E-state index in [2.05, 4.69) is 5.32 Å². The van der Waals surface area contributed by atoms with Crippen LogP contribution in [0.25, 0.3) is 22.2 Å². The van der Waals surface area contributed by atoms with E-state index in [1.165, 1.54) is 0 Å². The zero-order valence-electron chi connectivity index (χ0n) is 21.3. The number of fused-ring (bicyclic) bond motifs is 3. The number of piperidine rings is 1. The second kappa shape index (κ2) is 9.45. The molecule has 2 heterocycles. The van der Waals surface area contributed by atoms with E-state index in [9.17, 15) is 9.59 Å². The van der Waals surface area contributed by atoms with Gasteiger partial charge in [0.05, 0.1) is 23.4 Å². The molecule has 5 rings (SSSR count). The van der Waals surface area contributed by atoms with Crippen molar-refractivity contribution in [1.29, 1.82) is 0 Å². The molecule has 2 amide bonds. The Balaban J connectivity index is 1.35. The number of likely N-dealkylation sites (tertiary alicyclic amines) is 1. The van der Waals surface area contributed by atoms with Gasteiger partial charge in [-0.15, -0.1) is 0 Å². The van der Waals surface area contributed by atoms with Gasteiger partial charge in [-0.1, -0.05) is 18.2 Å². The summed E-state index contributed by atoms with van der Waals surface area (Å²) in [5, 5.41) is 4.09. The fraction of sp³-hybridized carbons (Fsp3) is 0.414. The number of benzene rings is 2. The topological polar surface area (TPSA) is 80.8 Å². The average molecular weight is 488 g/mol. The van der Waals surface area contributed by atoms with E-state index in [0.29, 0.717) is 18.7 Å². The van der Waals surface area contributed by atoms with Crippen molar-refractivity contribution >= 4 is 22.9 Å². The first-order chi connectivity index (χ1) is 17.2. The largest absolute Gasteiger partial charge is 0.494 e. The van der Waals surface area contributed by atoms with E-state index in [4.69, 9.17) is 14.5 Å². The number of carbonyl (C=O) groups is 2. The van der Waals surface area contributed by atoms with Crippen LogP contribution in [-0.2, 0) is 4.74 Å². The van der Waals surface area contributed by atoms with E-state index in [1.54, 1.807) is 0 Å². The van der Waals surface area contributed by atoms with Crippen LogP contribution in [0.15, 0.2) is 54.6 Å². The minimum atomic E-state index is -0.518. The molecule has 0 spiro atoms. The van der Waals surface area contributed by atoms with Crippen LogP contribution in [0.1, 0.15) is 50.9 Å². The predicted molar refractivity (Wildman–Crippen MR) is 139 cm³/mol. The molecule has 7 heteroatoms. The maximum atomic E-state index is 13.6. The smallest absolute Gasteiger partial charge is 0.410 e. The lowest BCUT2D eigenvalue weighted by molar-refractivity contribution is 0.0176. The lowest BCUT2D eigenvalue weighted by Gasteiger charge is -2.33. The van der Waals surface area contributed by atoms with E-state index in [0.717, 1.165) is 40.8 Å². The van der Waals surface area contributed by atoms with Crippen molar-refractivity contribution in [2.75, 3.05) is 13.2 Å². The van der Waals surface area contributed by atoms with Gasteiger partial charge in [0.25, 0.3) is 5.91 Å². The summed E-state index contributed by atoms with van der Waals surface area (Å²) in [4.78, 5) is 32.8. The van der Waals surface area contributed by atoms with Crippen molar-refractivity contribution in [3.05, 3.63) is 60.2 Å². The van der Waals surface area contributed by atoms with E-state index >= 15 is 0 Å². The van der Waals surface area contributed by atoms with Crippen LogP contribution >= 0.6 is 0 Å². The quantitative estimate of drug-likeness (QED) is 0.519. The van der Waals surface area contributed by atoms with E-state index < -0.39 is 5.60 Å². The highest BCUT2D eigenvalue weighted by Gasteiger charge is 2.48. The number of hydrogen-bond donors (Lipinski definition) is 1. The van der Waals surface area contributed by atoms with Gasteiger partial charge in [0.15, 0.2) is 0 Å². The molecule has 0 unspecified atom stereocenters.